The van der Waals surface area contributed by atoms with E-state index in [1.165, 1.54) is 0 Å². The average molecular weight is 391 g/mol. The van der Waals surface area contributed by atoms with Gasteiger partial charge in [-0.3, -0.25) is 9.69 Å². The van der Waals surface area contributed by atoms with Crippen LogP contribution in [0.3, 0.4) is 0 Å². The van der Waals surface area contributed by atoms with E-state index < -0.39 is 6.03 Å². The highest BCUT2D eigenvalue weighted by Crippen LogP contribution is 2.26. The smallest absolute Gasteiger partial charge is 0.328 e. The molecule has 0 aromatic heterocycles. The Bertz CT molecular complexity index is 896. The molecule has 0 unspecified atom stereocenters. The lowest BCUT2D eigenvalue weighted by atomic mass is 10.1. The Balaban J connectivity index is 1.82. The second kappa shape index (κ2) is 7.81. The highest BCUT2D eigenvalue weighted by molar-refractivity contribution is 6.35. The van der Waals surface area contributed by atoms with E-state index in [0.29, 0.717) is 27.9 Å². The van der Waals surface area contributed by atoms with Crippen LogP contribution >= 0.6 is 23.2 Å². The fourth-order valence-electron chi connectivity index (χ4n) is 2.54. The SMILES string of the molecule is CCN1C(=O)N/C(=C/c2ccccc2OCc2ccc(Cl)cc2Cl)C1=O. The van der Waals surface area contributed by atoms with Gasteiger partial charge in [0.2, 0.25) is 0 Å². The highest BCUT2D eigenvalue weighted by Gasteiger charge is 2.32. The van der Waals surface area contributed by atoms with E-state index in [-0.39, 0.29) is 18.2 Å². The summed E-state index contributed by atoms with van der Waals surface area (Å²) >= 11 is 12.1. The average Bonchev–Trinajstić information content (AvgIpc) is 2.88. The first-order valence-electron chi connectivity index (χ1n) is 8.00. The van der Waals surface area contributed by atoms with Crippen molar-refractivity contribution in [2.45, 2.75) is 13.5 Å². The third-order valence-electron chi connectivity index (χ3n) is 3.90. The zero-order chi connectivity index (χ0) is 18.7. The Morgan fingerprint density at radius 2 is 1.92 bits per heavy atom. The van der Waals surface area contributed by atoms with Crippen molar-refractivity contribution in [3.63, 3.8) is 0 Å². The summed E-state index contributed by atoms with van der Waals surface area (Å²) in [5.41, 5.74) is 1.69. The normalized spacial score (nSPS) is 15.5. The van der Waals surface area contributed by atoms with Gasteiger partial charge in [-0.1, -0.05) is 47.5 Å². The minimum Gasteiger partial charge on any atom is -0.488 e. The summed E-state index contributed by atoms with van der Waals surface area (Å²) in [5, 5.41) is 3.65. The number of hydrogen-bond acceptors (Lipinski definition) is 3. The Labute approximate surface area is 161 Å². The summed E-state index contributed by atoms with van der Waals surface area (Å²) in [4.78, 5) is 25.1. The molecule has 3 rings (SSSR count). The summed E-state index contributed by atoms with van der Waals surface area (Å²) < 4.78 is 5.86. The van der Waals surface area contributed by atoms with Crippen molar-refractivity contribution in [2.75, 3.05) is 6.54 Å². The lowest BCUT2D eigenvalue weighted by Gasteiger charge is -2.11. The summed E-state index contributed by atoms with van der Waals surface area (Å²) in [7, 11) is 0. The molecular formula is C19H16Cl2N2O3. The number of hydrogen-bond donors (Lipinski definition) is 1. The van der Waals surface area contributed by atoms with Gasteiger partial charge in [0.05, 0.1) is 0 Å². The number of nitrogens with one attached hydrogen (secondary N) is 1. The lowest BCUT2D eigenvalue weighted by molar-refractivity contribution is -0.122. The zero-order valence-electron chi connectivity index (χ0n) is 14.0. The number of urea groups is 1. The molecule has 26 heavy (non-hydrogen) atoms. The molecule has 1 saturated heterocycles. The van der Waals surface area contributed by atoms with Crippen LogP contribution in [0.25, 0.3) is 6.08 Å². The fourth-order valence-corrected chi connectivity index (χ4v) is 3.00. The quantitative estimate of drug-likeness (QED) is 0.604. The number of imide groups is 1. The number of nitrogens with zero attached hydrogens (tertiary/aromatic N) is 1. The van der Waals surface area contributed by atoms with Crippen LogP contribution in [0.1, 0.15) is 18.1 Å². The number of amides is 3. The van der Waals surface area contributed by atoms with Crippen LogP contribution in [0.4, 0.5) is 4.79 Å². The van der Waals surface area contributed by atoms with Crippen molar-refractivity contribution >= 4 is 41.2 Å². The first kappa shape index (κ1) is 18.3. The summed E-state index contributed by atoms with van der Waals surface area (Å²) in [6.45, 7) is 2.31. The third-order valence-corrected chi connectivity index (χ3v) is 4.48. The maximum atomic E-state index is 12.2. The van der Waals surface area contributed by atoms with E-state index in [1.54, 1.807) is 43.3 Å². The van der Waals surface area contributed by atoms with Crippen molar-refractivity contribution in [1.82, 2.24) is 10.2 Å². The van der Waals surface area contributed by atoms with Gasteiger partial charge in [0.15, 0.2) is 0 Å². The molecule has 2 aromatic carbocycles. The minimum atomic E-state index is -0.421. The van der Waals surface area contributed by atoms with Gasteiger partial charge < -0.3 is 10.1 Å². The van der Waals surface area contributed by atoms with Gasteiger partial charge in [0, 0.05) is 27.7 Å². The van der Waals surface area contributed by atoms with E-state index in [4.69, 9.17) is 27.9 Å². The highest BCUT2D eigenvalue weighted by atomic mass is 35.5. The predicted molar refractivity (Wildman–Crippen MR) is 101 cm³/mol. The molecule has 1 N–H and O–H groups in total. The summed E-state index contributed by atoms with van der Waals surface area (Å²) in [6, 6.07) is 12.0. The molecule has 134 valence electrons. The molecule has 1 heterocycles. The number of rotatable bonds is 5. The number of carbonyl (C=O) groups is 2. The van der Waals surface area contributed by atoms with Crippen LogP contribution in [-0.4, -0.2) is 23.4 Å². The monoisotopic (exact) mass is 390 g/mol. The van der Waals surface area contributed by atoms with Crippen LogP contribution in [0.2, 0.25) is 10.0 Å². The molecule has 0 atom stereocenters. The molecule has 0 spiro atoms. The molecule has 0 bridgehead atoms. The standard InChI is InChI=1S/C19H16Cl2N2O3/c1-2-23-18(24)16(22-19(23)25)9-12-5-3-4-6-17(12)26-11-13-7-8-14(20)10-15(13)21/h3-10H,2,11H2,1H3,(H,22,25)/b16-9+. The number of benzene rings is 2. The van der Waals surface area contributed by atoms with E-state index in [1.807, 2.05) is 12.1 Å². The van der Waals surface area contributed by atoms with Crippen molar-refractivity contribution in [3.8, 4) is 5.75 Å². The number of para-hydroxylation sites is 1. The summed E-state index contributed by atoms with van der Waals surface area (Å²) in [5.74, 6) is 0.219. The van der Waals surface area contributed by atoms with Crippen molar-refractivity contribution in [3.05, 3.63) is 69.3 Å². The molecule has 0 saturated carbocycles. The number of ether oxygens (including phenoxy) is 1. The Morgan fingerprint density at radius 3 is 2.62 bits per heavy atom. The minimum absolute atomic E-state index is 0.220. The Kier molecular flexibility index (Phi) is 5.49. The second-order valence-corrected chi connectivity index (χ2v) is 6.44. The predicted octanol–water partition coefficient (Wildman–Crippen LogP) is 4.49. The number of halogens is 2. The molecule has 1 aliphatic heterocycles. The maximum Gasteiger partial charge on any atom is 0.328 e. The lowest BCUT2D eigenvalue weighted by Crippen LogP contribution is -2.30. The number of likely N-dealkylation sites (N-methyl/N-ethyl adjacent to an activating group) is 1. The van der Waals surface area contributed by atoms with E-state index in [2.05, 4.69) is 5.32 Å². The zero-order valence-corrected chi connectivity index (χ0v) is 15.5. The van der Waals surface area contributed by atoms with Crippen LogP contribution in [0.15, 0.2) is 48.2 Å². The van der Waals surface area contributed by atoms with E-state index >= 15 is 0 Å². The Hall–Kier alpha value is -2.50. The van der Waals surface area contributed by atoms with Crippen LogP contribution in [0, 0.1) is 0 Å². The largest absolute Gasteiger partial charge is 0.488 e. The van der Waals surface area contributed by atoms with Gasteiger partial charge in [0.1, 0.15) is 18.1 Å². The van der Waals surface area contributed by atoms with Crippen LogP contribution in [0.5, 0.6) is 5.75 Å². The first-order valence-corrected chi connectivity index (χ1v) is 8.75. The molecule has 1 fully saturated rings. The van der Waals surface area contributed by atoms with Gasteiger partial charge in [-0.15, -0.1) is 0 Å². The van der Waals surface area contributed by atoms with Gasteiger partial charge in [-0.25, -0.2) is 4.79 Å². The molecule has 3 amide bonds. The molecule has 0 radical (unpaired) electrons. The Morgan fingerprint density at radius 1 is 1.15 bits per heavy atom. The fraction of sp³-hybridized carbons (Fsp3) is 0.158. The van der Waals surface area contributed by atoms with Gasteiger partial charge in [-0.2, -0.15) is 0 Å². The van der Waals surface area contributed by atoms with Crippen molar-refractivity contribution in [1.29, 1.82) is 0 Å². The third kappa shape index (κ3) is 3.84. The van der Waals surface area contributed by atoms with Crippen LogP contribution < -0.4 is 10.1 Å². The van der Waals surface area contributed by atoms with E-state index in [9.17, 15) is 9.59 Å². The van der Waals surface area contributed by atoms with Gasteiger partial charge >= 0.3 is 6.03 Å². The maximum absolute atomic E-state index is 12.2. The second-order valence-electron chi connectivity index (χ2n) is 5.60. The van der Waals surface area contributed by atoms with Gasteiger partial charge in [-0.05, 0) is 31.2 Å². The van der Waals surface area contributed by atoms with E-state index in [0.717, 1.165) is 10.5 Å². The molecule has 1 aliphatic rings. The molecule has 0 aliphatic carbocycles. The molecule has 2 aromatic rings. The first-order chi connectivity index (χ1) is 12.5. The molecule has 7 heteroatoms. The van der Waals surface area contributed by atoms with Crippen LogP contribution in [-0.2, 0) is 11.4 Å². The van der Waals surface area contributed by atoms with Gasteiger partial charge in [0.25, 0.3) is 5.91 Å². The molecular weight excluding hydrogens is 375 g/mol. The molecule has 5 nitrogen and oxygen atoms in total. The van der Waals surface area contributed by atoms with Crippen molar-refractivity contribution < 1.29 is 14.3 Å². The summed E-state index contributed by atoms with van der Waals surface area (Å²) in [6.07, 6.45) is 1.61. The van der Waals surface area contributed by atoms with Crippen molar-refractivity contribution in [2.24, 2.45) is 0 Å². The number of carbonyl (C=O) groups excluding carboxylic acids is 2. The topological polar surface area (TPSA) is 58.6 Å².